The normalized spacial score (nSPS) is 11.2. The van der Waals surface area contributed by atoms with Crippen molar-refractivity contribution in [1.29, 1.82) is 5.26 Å². The van der Waals surface area contributed by atoms with Gasteiger partial charge in [0.25, 0.3) is 0 Å². The Labute approximate surface area is 144 Å². The number of nitrogens with zero attached hydrogens (tertiary/aromatic N) is 2. The number of anilines is 1. The monoisotopic (exact) mass is 341 g/mol. The standard InChI is InChI=1S/C19H17F2N3O/c1-11(2)24-17-9-14(25-19(20)21)7-8-15(17)16(10-22)18(24)12-3-5-13(23)6-4-12/h3-9,11,19H,23H2,1-2H3. The predicted octanol–water partition coefficient (Wildman–Crippen LogP) is 4.94. The van der Waals surface area contributed by atoms with Crippen molar-refractivity contribution in [3.63, 3.8) is 0 Å². The van der Waals surface area contributed by atoms with Crippen molar-refractivity contribution in [2.75, 3.05) is 5.73 Å². The molecule has 0 aliphatic carbocycles. The molecule has 0 aliphatic rings. The Kier molecular flexibility index (Phi) is 4.32. The van der Waals surface area contributed by atoms with E-state index < -0.39 is 6.61 Å². The number of nitrogen functional groups attached to an aromatic ring is 1. The topological polar surface area (TPSA) is 64.0 Å². The molecule has 0 bridgehead atoms. The van der Waals surface area contributed by atoms with Crippen LogP contribution < -0.4 is 10.5 Å². The van der Waals surface area contributed by atoms with Crippen LogP contribution in [0, 0.1) is 11.3 Å². The Hall–Kier alpha value is -3.07. The molecular formula is C19H17F2N3O. The molecule has 0 fully saturated rings. The highest BCUT2D eigenvalue weighted by atomic mass is 19.3. The second kappa shape index (κ2) is 6.44. The smallest absolute Gasteiger partial charge is 0.387 e. The maximum atomic E-state index is 12.5. The zero-order valence-corrected chi connectivity index (χ0v) is 13.8. The highest BCUT2D eigenvalue weighted by molar-refractivity contribution is 5.95. The van der Waals surface area contributed by atoms with Gasteiger partial charge in [-0.1, -0.05) is 12.1 Å². The molecule has 0 amide bonds. The zero-order valence-electron chi connectivity index (χ0n) is 13.8. The third-order valence-corrected chi connectivity index (χ3v) is 4.01. The molecular weight excluding hydrogens is 324 g/mol. The number of nitrogens with two attached hydrogens (primary N) is 1. The van der Waals surface area contributed by atoms with Gasteiger partial charge in [0.1, 0.15) is 11.8 Å². The van der Waals surface area contributed by atoms with Gasteiger partial charge in [-0.3, -0.25) is 0 Å². The number of alkyl halides is 2. The van der Waals surface area contributed by atoms with Crippen LogP contribution in [0.1, 0.15) is 25.5 Å². The van der Waals surface area contributed by atoms with E-state index in [0.29, 0.717) is 22.2 Å². The molecule has 3 rings (SSSR count). The highest BCUT2D eigenvalue weighted by Gasteiger charge is 2.21. The van der Waals surface area contributed by atoms with Gasteiger partial charge < -0.3 is 15.0 Å². The van der Waals surface area contributed by atoms with Gasteiger partial charge in [-0.25, -0.2) is 0 Å². The summed E-state index contributed by atoms with van der Waals surface area (Å²) in [5.41, 5.74) is 9.13. The number of ether oxygens (including phenoxy) is 1. The first-order chi connectivity index (χ1) is 11.9. The third kappa shape index (κ3) is 3.01. The molecule has 0 radical (unpaired) electrons. The predicted molar refractivity (Wildman–Crippen MR) is 93.5 cm³/mol. The molecule has 2 aromatic carbocycles. The van der Waals surface area contributed by atoms with Gasteiger partial charge in [-0.15, -0.1) is 0 Å². The van der Waals surface area contributed by atoms with E-state index in [1.54, 1.807) is 24.3 Å². The van der Waals surface area contributed by atoms with E-state index >= 15 is 0 Å². The van der Waals surface area contributed by atoms with Crippen molar-refractivity contribution < 1.29 is 13.5 Å². The molecule has 0 saturated carbocycles. The van der Waals surface area contributed by atoms with E-state index in [1.165, 1.54) is 6.07 Å². The van der Waals surface area contributed by atoms with Gasteiger partial charge in [0.05, 0.1) is 16.8 Å². The lowest BCUT2D eigenvalue weighted by atomic mass is 10.1. The molecule has 1 aromatic heterocycles. The summed E-state index contributed by atoms with van der Waals surface area (Å²) in [6.07, 6.45) is 0. The number of nitriles is 1. The van der Waals surface area contributed by atoms with Crippen LogP contribution >= 0.6 is 0 Å². The molecule has 3 aromatic rings. The van der Waals surface area contributed by atoms with Crippen molar-refractivity contribution in [3.05, 3.63) is 48.0 Å². The molecule has 128 valence electrons. The number of rotatable bonds is 4. The van der Waals surface area contributed by atoms with Crippen LogP contribution in [-0.2, 0) is 0 Å². The van der Waals surface area contributed by atoms with Crippen molar-refractivity contribution in [3.8, 4) is 23.1 Å². The van der Waals surface area contributed by atoms with Crippen LogP contribution in [0.4, 0.5) is 14.5 Å². The summed E-state index contributed by atoms with van der Waals surface area (Å²) in [4.78, 5) is 0. The van der Waals surface area contributed by atoms with Gasteiger partial charge >= 0.3 is 6.61 Å². The minimum absolute atomic E-state index is 0.0129. The maximum absolute atomic E-state index is 12.5. The van der Waals surface area contributed by atoms with E-state index in [2.05, 4.69) is 10.8 Å². The van der Waals surface area contributed by atoms with E-state index in [0.717, 1.165) is 11.3 Å². The second-order valence-corrected chi connectivity index (χ2v) is 5.98. The van der Waals surface area contributed by atoms with Crippen molar-refractivity contribution in [1.82, 2.24) is 4.57 Å². The van der Waals surface area contributed by atoms with Crippen LogP contribution in [0.15, 0.2) is 42.5 Å². The van der Waals surface area contributed by atoms with E-state index in [-0.39, 0.29) is 11.8 Å². The van der Waals surface area contributed by atoms with Gasteiger partial charge in [0.15, 0.2) is 0 Å². The summed E-state index contributed by atoms with van der Waals surface area (Å²) >= 11 is 0. The fraction of sp³-hybridized carbons (Fsp3) is 0.211. The molecule has 0 saturated heterocycles. The number of hydrogen-bond donors (Lipinski definition) is 1. The first kappa shape index (κ1) is 16.8. The summed E-state index contributed by atoms with van der Waals surface area (Å²) in [5.74, 6) is 0.0650. The van der Waals surface area contributed by atoms with E-state index in [1.807, 2.05) is 30.5 Å². The van der Waals surface area contributed by atoms with Crippen LogP contribution in [-0.4, -0.2) is 11.2 Å². The van der Waals surface area contributed by atoms with Crippen LogP contribution in [0.2, 0.25) is 0 Å². The number of benzene rings is 2. The fourth-order valence-electron chi connectivity index (χ4n) is 3.04. The molecule has 2 N–H and O–H groups in total. The molecule has 0 aliphatic heterocycles. The average Bonchev–Trinajstić information content (AvgIpc) is 2.88. The van der Waals surface area contributed by atoms with E-state index in [4.69, 9.17) is 5.73 Å². The summed E-state index contributed by atoms with van der Waals surface area (Å²) in [6.45, 7) is 1.05. The summed E-state index contributed by atoms with van der Waals surface area (Å²) in [5, 5.41) is 10.4. The molecule has 0 atom stereocenters. The summed E-state index contributed by atoms with van der Waals surface area (Å²) in [7, 11) is 0. The summed E-state index contributed by atoms with van der Waals surface area (Å²) in [6, 6.07) is 14.1. The average molecular weight is 341 g/mol. The Morgan fingerprint density at radius 1 is 1.12 bits per heavy atom. The lowest BCUT2D eigenvalue weighted by Gasteiger charge is -2.15. The largest absolute Gasteiger partial charge is 0.435 e. The Morgan fingerprint density at radius 3 is 2.36 bits per heavy atom. The third-order valence-electron chi connectivity index (χ3n) is 4.01. The van der Waals surface area contributed by atoms with Crippen LogP contribution in [0.25, 0.3) is 22.2 Å². The number of halogens is 2. The molecule has 4 nitrogen and oxygen atoms in total. The van der Waals surface area contributed by atoms with Crippen molar-refractivity contribution in [2.24, 2.45) is 0 Å². The first-order valence-corrected chi connectivity index (χ1v) is 7.81. The Bertz CT molecular complexity index is 953. The molecule has 0 spiro atoms. The Morgan fingerprint density at radius 2 is 1.80 bits per heavy atom. The SMILES string of the molecule is CC(C)n1c(-c2ccc(N)cc2)c(C#N)c2ccc(OC(F)F)cc21. The van der Waals surface area contributed by atoms with Crippen LogP contribution in [0.5, 0.6) is 5.75 Å². The quantitative estimate of drug-likeness (QED) is 0.683. The number of fused-ring (bicyclic) bond motifs is 1. The van der Waals surface area contributed by atoms with E-state index in [9.17, 15) is 14.0 Å². The van der Waals surface area contributed by atoms with Gasteiger partial charge in [0.2, 0.25) is 0 Å². The summed E-state index contributed by atoms with van der Waals surface area (Å²) < 4.78 is 31.6. The van der Waals surface area contributed by atoms with Gasteiger partial charge in [-0.2, -0.15) is 14.0 Å². The fourth-order valence-corrected chi connectivity index (χ4v) is 3.04. The van der Waals surface area contributed by atoms with Crippen molar-refractivity contribution >= 4 is 16.6 Å². The Balaban J connectivity index is 2.33. The number of aromatic nitrogens is 1. The second-order valence-electron chi connectivity index (χ2n) is 5.98. The molecule has 0 unspecified atom stereocenters. The minimum atomic E-state index is -2.90. The van der Waals surface area contributed by atoms with Crippen LogP contribution in [0.3, 0.4) is 0 Å². The lowest BCUT2D eigenvalue weighted by Crippen LogP contribution is -2.04. The van der Waals surface area contributed by atoms with Gasteiger partial charge in [-0.05, 0) is 43.7 Å². The lowest BCUT2D eigenvalue weighted by molar-refractivity contribution is -0.0497. The highest BCUT2D eigenvalue weighted by Crippen LogP contribution is 2.37. The zero-order chi connectivity index (χ0) is 18.1. The maximum Gasteiger partial charge on any atom is 0.387 e. The minimum Gasteiger partial charge on any atom is -0.435 e. The molecule has 6 heteroatoms. The molecule has 25 heavy (non-hydrogen) atoms. The van der Waals surface area contributed by atoms with Crippen molar-refractivity contribution in [2.45, 2.75) is 26.5 Å². The first-order valence-electron chi connectivity index (χ1n) is 7.81. The van der Waals surface area contributed by atoms with Gasteiger partial charge in [0, 0.05) is 23.2 Å². The number of hydrogen-bond acceptors (Lipinski definition) is 3. The molecule has 1 heterocycles.